The molecule has 0 bridgehead atoms. The topological polar surface area (TPSA) is 93.3 Å². The molecule has 3 rings (SSSR count). The molecular formula is C9H9N5OS2. The molecule has 0 radical (unpaired) electrons. The van der Waals surface area contributed by atoms with E-state index in [4.69, 9.17) is 5.73 Å². The number of rotatable bonds is 2. The molecule has 0 saturated heterocycles. The summed E-state index contributed by atoms with van der Waals surface area (Å²) >= 11 is 2.52. The maximum atomic E-state index is 10.7. The van der Waals surface area contributed by atoms with Crippen LogP contribution in [-0.2, 0) is 4.79 Å². The van der Waals surface area contributed by atoms with Crippen LogP contribution in [0.3, 0.4) is 0 Å². The van der Waals surface area contributed by atoms with Gasteiger partial charge in [-0.2, -0.15) is 8.75 Å². The Morgan fingerprint density at radius 3 is 3.29 bits per heavy atom. The van der Waals surface area contributed by atoms with Gasteiger partial charge in [0.1, 0.15) is 17.4 Å². The third-order valence-electron chi connectivity index (χ3n) is 2.52. The van der Waals surface area contributed by atoms with Crippen LogP contribution in [0.4, 0.5) is 0 Å². The van der Waals surface area contributed by atoms with Gasteiger partial charge < -0.3 is 11.1 Å². The Balaban J connectivity index is 1.80. The minimum atomic E-state index is -0.346. The van der Waals surface area contributed by atoms with Gasteiger partial charge >= 0.3 is 0 Å². The molecule has 0 fully saturated rings. The lowest BCUT2D eigenvalue weighted by molar-refractivity contribution is -0.115. The van der Waals surface area contributed by atoms with Gasteiger partial charge in [-0.1, -0.05) is 17.8 Å². The van der Waals surface area contributed by atoms with Crippen molar-refractivity contribution >= 4 is 40.6 Å². The van der Waals surface area contributed by atoms with Crippen molar-refractivity contribution in [3.63, 3.8) is 0 Å². The summed E-state index contributed by atoms with van der Waals surface area (Å²) in [7, 11) is 0. The second-order valence-electron chi connectivity index (χ2n) is 3.70. The maximum absolute atomic E-state index is 10.7. The van der Waals surface area contributed by atoms with E-state index < -0.39 is 0 Å². The van der Waals surface area contributed by atoms with Crippen LogP contribution in [0.25, 0.3) is 6.08 Å². The molecule has 1 amide bonds. The molecule has 0 unspecified atom stereocenters. The van der Waals surface area contributed by atoms with Gasteiger partial charge in [0.25, 0.3) is 0 Å². The third kappa shape index (κ3) is 1.93. The Hall–Kier alpha value is -1.41. The van der Waals surface area contributed by atoms with Crippen LogP contribution in [0.2, 0.25) is 0 Å². The predicted molar refractivity (Wildman–Crippen MR) is 67.7 cm³/mol. The largest absolute Gasteiger partial charge is 0.369 e. The van der Waals surface area contributed by atoms with Gasteiger partial charge in [-0.05, 0) is 6.08 Å². The summed E-state index contributed by atoms with van der Waals surface area (Å²) < 4.78 is 8.44. The van der Waals surface area contributed by atoms with Crippen molar-refractivity contribution in [3.05, 3.63) is 17.5 Å². The first-order valence-electron chi connectivity index (χ1n) is 5.00. The molecule has 1 aromatic rings. The first-order valence-corrected chi connectivity index (χ1v) is 6.72. The number of aromatic nitrogens is 2. The van der Waals surface area contributed by atoms with E-state index in [2.05, 4.69) is 19.1 Å². The number of hydrogen-bond acceptors (Lipinski definition) is 7. The van der Waals surface area contributed by atoms with E-state index in [-0.39, 0.29) is 23.7 Å². The molecule has 6 nitrogen and oxygen atoms in total. The standard InChI is InChI=1S/C9H9N5OS2/c10-6(15)3-16-9-11-4-1-2-5-8(7(4)12-9)14-17-13-5/h1-2,4,7H,3H2,(H2,10,15)(H,11,12)/t4-,7+/m0/s1. The van der Waals surface area contributed by atoms with E-state index in [1.807, 2.05) is 12.2 Å². The fourth-order valence-corrected chi connectivity index (χ4v) is 3.05. The third-order valence-corrected chi connectivity index (χ3v) is 4.00. The highest BCUT2D eigenvalue weighted by atomic mass is 32.2. The van der Waals surface area contributed by atoms with Crippen molar-refractivity contribution in [3.8, 4) is 0 Å². The van der Waals surface area contributed by atoms with E-state index in [1.54, 1.807) is 0 Å². The van der Waals surface area contributed by atoms with Crippen molar-refractivity contribution in [2.75, 3.05) is 5.75 Å². The summed E-state index contributed by atoms with van der Waals surface area (Å²) in [6.45, 7) is 0. The van der Waals surface area contributed by atoms with Gasteiger partial charge in [0.05, 0.1) is 23.5 Å². The molecule has 1 aliphatic carbocycles. The van der Waals surface area contributed by atoms with Crippen LogP contribution >= 0.6 is 23.5 Å². The van der Waals surface area contributed by atoms with E-state index in [0.29, 0.717) is 0 Å². The molecular weight excluding hydrogens is 258 g/mol. The van der Waals surface area contributed by atoms with Crippen molar-refractivity contribution in [1.82, 2.24) is 14.1 Å². The minimum Gasteiger partial charge on any atom is -0.369 e. The number of primary amides is 1. The van der Waals surface area contributed by atoms with E-state index in [9.17, 15) is 4.79 Å². The Kier molecular flexibility index (Phi) is 2.60. The summed E-state index contributed by atoms with van der Waals surface area (Å²) in [6, 6.07) is 0.0888. The molecule has 0 aromatic carbocycles. The highest BCUT2D eigenvalue weighted by molar-refractivity contribution is 8.14. The van der Waals surface area contributed by atoms with Crippen LogP contribution in [0, 0.1) is 0 Å². The number of amidine groups is 1. The fourth-order valence-electron chi connectivity index (χ4n) is 1.79. The van der Waals surface area contributed by atoms with Crippen LogP contribution in [0.1, 0.15) is 17.4 Å². The van der Waals surface area contributed by atoms with Gasteiger partial charge in [-0.15, -0.1) is 0 Å². The lowest BCUT2D eigenvalue weighted by atomic mass is 9.99. The zero-order valence-corrected chi connectivity index (χ0v) is 10.3. The number of nitrogens with one attached hydrogen (secondary N) is 1. The zero-order valence-electron chi connectivity index (χ0n) is 8.66. The van der Waals surface area contributed by atoms with Crippen LogP contribution in [0.15, 0.2) is 11.1 Å². The SMILES string of the molecule is NC(=O)CSC1=N[C@H]2c3nsnc3C=C[C@@H]2N1. The second-order valence-corrected chi connectivity index (χ2v) is 5.19. The number of nitrogens with two attached hydrogens (primary N) is 1. The first-order chi connectivity index (χ1) is 8.24. The molecule has 17 heavy (non-hydrogen) atoms. The van der Waals surface area contributed by atoms with Gasteiger partial charge in [0, 0.05) is 0 Å². The average Bonchev–Trinajstić information content (AvgIpc) is 2.91. The van der Waals surface area contributed by atoms with Crippen molar-refractivity contribution in [2.24, 2.45) is 10.7 Å². The number of hydrogen-bond donors (Lipinski definition) is 2. The van der Waals surface area contributed by atoms with Gasteiger partial charge in [0.15, 0.2) is 5.17 Å². The number of nitrogens with zero attached hydrogens (tertiary/aromatic N) is 3. The maximum Gasteiger partial charge on any atom is 0.227 e. The molecule has 0 spiro atoms. The summed E-state index contributed by atoms with van der Waals surface area (Å²) in [4.78, 5) is 15.2. The van der Waals surface area contributed by atoms with Gasteiger partial charge in [-0.3, -0.25) is 9.79 Å². The quantitative estimate of drug-likeness (QED) is 0.795. The van der Waals surface area contributed by atoms with Crippen LogP contribution in [0.5, 0.6) is 0 Å². The van der Waals surface area contributed by atoms with E-state index >= 15 is 0 Å². The van der Waals surface area contributed by atoms with Gasteiger partial charge in [-0.25, -0.2) is 0 Å². The lowest BCUT2D eigenvalue weighted by Crippen LogP contribution is -2.30. The Bertz CT molecular complexity index is 523. The fraction of sp³-hybridized carbons (Fsp3) is 0.333. The summed E-state index contributed by atoms with van der Waals surface area (Å²) in [5.74, 6) is -0.113. The van der Waals surface area contributed by atoms with Crippen LogP contribution < -0.4 is 11.1 Å². The van der Waals surface area contributed by atoms with Gasteiger partial charge in [0.2, 0.25) is 5.91 Å². The zero-order chi connectivity index (χ0) is 11.8. The Morgan fingerprint density at radius 1 is 1.59 bits per heavy atom. The number of thioether (sulfide) groups is 1. The molecule has 2 heterocycles. The smallest absolute Gasteiger partial charge is 0.227 e. The molecule has 2 aliphatic rings. The van der Waals surface area contributed by atoms with Crippen LogP contribution in [-0.4, -0.2) is 31.6 Å². The first kappa shape index (κ1) is 10.7. The van der Waals surface area contributed by atoms with E-state index in [0.717, 1.165) is 16.6 Å². The molecule has 2 atom stereocenters. The lowest BCUT2D eigenvalue weighted by Gasteiger charge is -2.16. The highest BCUT2D eigenvalue weighted by Gasteiger charge is 2.34. The summed E-state index contributed by atoms with van der Waals surface area (Å²) in [5.41, 5.74) is 6.90. The van der Waals surface area contributed by atoms with E-state index in [1.165, 1.54) is 23.5 Å². The number of carbonyl (C=O) groups is 1. The monoisotopic (exact) mass is 267 g/mol. The minimum absolute atomic E-state index is 0.0240. The van der Waals surface area contributed by atoms with Crippen molar-refractivity contribution in [1.29, 1.82) is 0 Å². The highest BCUT2D eigenvalue weighted by Crippen LogP contribution is 2.33. The molecule has 0 saturated carbocycles. The molecule has 3 N–H and O–H groups in total. The number of carbonyl (C=O) groups excluding carboxylic acids is 1. The predicted octanol–water partition coefficient (Wildman–Crippen LogP) is 0.152. The normalized spacial score (nSPS) is 24.8. The van der Waals surface area contributed by atoms with Crippen molar-refractivity contribution in [2.45, 2.75) is 12.1 Å². The molecule has 8 heteroatoms. The molecule has 1 aliphatic heterocycles. The number of fused-ring (bicyclic) bond motifs is 3. The summed E-state index contributed by atoms with van der Waals surface area (Å²) in [6.07, 6.45) is 3.97. The average molecular weight is 267 g/mol. The molecule has 1 aromatic heterocycles. The second kappa shape index (κ2) is 4.11. The summed E-state index contributed by atoms with van der Waals surface area (Å²) in [5, 5.41) is 3.97. The Morgan fingerprint density at radius 2 is 2.47 bits per heavy atom. The number of aliphatic imine (C=N–C) groups is 1. The molecule has 88 valence electrons. The van der Waals surface area contributed by atoms with Crippen molar-refractivity contribution < 1.29 is 4.79 Å². The number of amides is 1. The Labute approximate surface area is 106 Å².